The molecule has 3 aromatic heterocycles. The predicted octanol–water partition coefficient (Wildman–Crippen LogP) is 4.14. The van der Waals surface area contributed by atoms with Crippen molar-refractivity contribution >= 4 is 29.1 Å². The lowest BCUT2D eigenvalue weighted by atomic mass is 9.72. The maximum Gasteiger partial charge on any atom is 0.166 e. The summed E-state index contributed by atoms with van der Waals surface area (Å²) in [5, 5.41) is 8.72. The summed E-state index contributed by atoms with van der Waals surface area (Å²) in [6.07, 6.45) is 5.83. The molecule has 130 valence electrons. The second-order valence-corrected chi connectivity index (χ2v) is 7.50. The zero-order valence-electron chi connectivity index (χ0n) is 13.9. The van der Waals surface area contributed by atoms with Crippen LogP contribution in [-0.4, -0.2) is 26.7 Å². The molecule has 1 N–H and O–H groups in total. The Bertz CT molecular complexity index is 992. The number of H-pyrrole nitrogens is 1. The Morgan fingerprint density at radius 3 is 3.00 bits per heavy atom. The minimum atomic E-state index is -0.243. The normalized spacial score (nSPS) is 21.8. The maximum absolute atomic E-state index is 12.7. The van der Waals surface area contributed by atoms with Crippen LogP contribution in [0.15, 0.2) is 62.3 Å². The van der Waals surface area contributed by atoms with Gasteiger partial charge >= 0.3 is 0 Å². The highest BCUT2D eigenvalue weighted by molar-refractivity contribution is 7.99. The van der Waals surface area contributed by atoms with Crippen molar-refractivity contribution in [3.05, 3.63) is 54.0 Å². The number of nitrogens with zero attached hydrogens (tertiary/aromatic N) is 3. The second kappa shape index (κ2) is 6.25. The molecule has 4 heterocycles. The van der Waals surface area contributed by atoms with Crippen molar-refractivity contribution in [2.45, 2.75) is 35.3 Å². The van der Waals surface area contributed by atoms with E-state index < -0.39 is 0 Å². The van der Waals surface area contributed by atoms with Crippen LogP contribution < -0.4 is 0 Å². The van der Waals surface area contributed by atoms with Gasteiger partial charge in [-0.2, -0.15) is 5.10 Å². The first-order valence-electron chi connectivity index (χ1n) is 8.61. The number of furan rings is 1. The average Bonchev–Trinajstić information content (AvgIpc) is 3.30. The lowest BCUT2D eigenvalue weighted by Gasteiger charge is -2.32. The number of hydrogen-bond donors (Lipinski definition) is 1. The minimum Gasteiger partial charge on any atom is -0.454 e. The molecule has 2 unspecified atom stereocenters. The number of Topliss-reactive ketones (excluding diaryl/α,β-unsaturated/α-hetero) is 1. The van der Waals surface area contributed by atoms with Crippen molar-refractivity contribution in [2.75, 3.05) is 0 Å². The molecule has 5 rings (SSSR count). The lowest BCUT2D eigenvalue weighted by molar-refractivity contribution is -0.122. The number of hydrogen-bond acceptors (Lipinski definition) is 6. The first kappa shape index (κ1) is 15.6. The van der Waals surface area contributed by atoms with Crippen LogP contribution >= 0.6 is 11.8 Å². The molecular formula is C19H16N4O2S. The predicted molar refractivity (Wildman–Crippen MR) is 96.9 cm³/mol. The Kier molecular flexibility index (Phi) is 3.74. The lowest BCUT2D eigenvalue weighted by Crippen LogP contribution is -2.36. The zero-order chi connectivity index (χ0) is 17.5. The van der Waals surface area contributed by atoms with Crippen LogP contribution in [0.5, 0.6) is 0 Å². The number of rotatable bonds is 3. The number of pyridine rings is 1. The number of aliphatic imine (C=N–C) groups is 1. The molecule has 2 aliphatic rings. The molecule has 2 atom stereocenters. The summed E-state index contributed by atoms with van der Waals surface area (Å²) in [6.45, 7) is 0. The average molecular weight is 364 g/mol. The number of fused-ring (bicyclic) bond motifs is 2. The van der Waals surface area contributed by atoms with Gasteiger partial charge in [0.2, 0.25) is 0 Å². The van der Waals surface area contributed by atoms with Crippen LogP contribution in [-0.2, 0) is 4.79 Å². The molecule has 6 nitrogen and oxygen atoms in total. The summed E-state index contributed by atoms with van der Waals surface area (Å²) in [7, 11) is 0. The molecule has 1 fully saturated rings. The van der Waals surface area contributed by atoms with Crippen LogP contribution in [0.2, 0.25) is 0 Å². The van der Waals surface area contributed by atoms with Crippen molar-refractivity contribution < 1.29 is 9.21 Å². The molecule has 0 aromatic carbocycles. The number of aromatic amines is 1. The monoisotopic (exact) mass is 364 g/mol. The van der Waals surface area contributed by atoms with E-state index >= 15 is 0 Å². The highest BCUT2D eigenvalue weighted by Crippen LogP contribution is 2.45. The van der Waals surface area contributed by atoms with Gasteiger partial charge in [-0.15, -0.1) is 0 Å². The van der Waals surface area contributed by atoms with E-state index in [9.17, 15) is 4.79 Å². The summed E-state index contributed by atoms with van der Waals surface area (Å²) in [4.78, 5) is 21.6. The third kappa shape index (κ3) is 2.59. The van der Waals surface area contributed by atoms with Crippen molar-refractivity contribution in [3.8, 4) is 0 Å². The summed E-state index contributed by atoms with van der Waals surface area (Å²) >= 11 is 1.47. The quantitative estimate of drug-likeness (QED) is 0.755. The molecule has 0 amide bonds. The van der Waals surface area contributed by atoms with Crippen LogP contribution in [0.25, 0.3) is 0 Å². The first-order valence-corrected chi connectivity index (χ1v) is 9.43. The Balaban J connectivity index is 1.52. The Morgan fingerprint density at radius 1 is 1.15 bits per heavy atom. The summed E-state index contributed by atoms with van der Waals surface area (Å²) < 4.78 is 6.12. The molecule has 1 aliphatic heterocycles. The van der Waals surface area contributed by atoms with Gasteiger partial charge in [-0.1, -0.05) is 6.07 Å². The Labute approximate surface area is 154 Å². The van der Waals surface area contributed by atoms with Gasteiger partial charge < -0.3 is 4.42 Å². The maximum atomic E-state index is 12.7. The third-order valence-corrected chi connectivity index (χ3v) is 5.76. The van der Waals surface area contributed by atoms with Crippen molar-refractivity contribution in [3.63, 3.8) is 0 Å². The van der Waals surface area contributed by atoms with E-state index in [2.05, 4.69) is 20.2 Å². The fraction of sp³-hybridized carbons (Fsp3) is 0.263. The van der Waals surface area contributed by atoms with Crippen LogP contribution in [0.4, 0.5) is 5.82 Å². The number of nitrogens with one attached hydrogen (secondary N) is 1. The van der Waals surface area contributed by atoms with E-state index in [-0.39, 0.29) is 17.6 Å². The molecule has 1 aliphatic carbocycles. The van der Waals surface area contributed by atoms with Gasteiger partial charge in [-0.25, -0.2) is 9.98 Å². The highest BCUT2D eigenvalue weighted by Gasteiger charge is 2.42. The molecular weight excluding hydrogens is 348 g/mol. The van der Waals surface area contributed by atoms with Gasteiger partial charge in [0, 0.05) is 23.9 Å². The summed E-state index contributed by atoms with van der Waals surface area (Å²) in [5.74, 6) is 1.35. The van der Waals surface area contributed by atoms with Crippen molar-refractivity contribution in [1.29, 1.82) is 0 Å². The molecule has 7 heteroatoms. The molecule has 3 aromatic rings. The van der Waals surface area contributed by atoms with Gasteiger partial charge in [0.05, 0.1) is 18.0 Å². The van der Waals surface area contributed by atoms with E-state index in [0.717, 1.165) is 45.8 Å². The van der Waals surface area contributed by atoms with E-state index in [1.54, 1.807) is 12.4 Å². The molecule has 26 heavy (non-hydrogen) atoms. The van der Waals surface area contributed by atoms with Crippen LogP contribution in [0.1, 0.15) is 36.5 Å². The van der Waals surface area contributed by atoms with Crippen LogP contribution in [0.3, 0.4) is 0 Å². The molecule has 0 bridgehead atoms. The van der Waals surface area contributed by atoms with E-state index in [1.807, 2.05) is 30.3 Å². The summed E-state index contributed by atoms with van der Waals surface area (Å²) in [5.41, 5.74) is 1.87. The second-order valence-electron chi connectivity index (χ2n) is 6.48. The molecule has 0 spiro atoms. The highest BCUT2D eigenvalue weighted by atomic mass is 32.2. The van der Waals surface area contributed by atoms with Crippen molar-refractivity contribution in [2.24, 2.45) is 10.9 Å². The fourth-order valence-electron chi connectivity index (χ4n) is 3.76. The smallest absolute Gasteiger partial charge is 0.166 e. The van der Waals surface area contributed by atoms with E-state index in [0.29, 0.717) is 6.42 Å². The molecule has 1 saturated carbocycles. The zero-order valence-corrected chi connectivity index (χ0v) is 14.7. The standard InChI is InChI=1S/C19H16N4O2S/c24-13-5-3-4-12-18(13)17(11-10-21-23-19(11)22-12)14-7-8-16(25-14)26-15-6-1-2-9-20-15/h1-2,6-10,17-18H,3-5H2,(H,21,23). The Morgan fingerprint density at radius 2 is 2.12 bits per heavy atom. The Hall–Kier alpha value is -2.67. The number of carbonyl (C=O) groups is 1. The van der Waals surface area contributed by atoms with Gasteiger partial charge in [-0.05, 0) is 48.9 Å². The van der Waals surface area contributed by atoms with Gasteiger partial charge in [0.1, 0.15) is 16.6 Å². The number of aromatic nitrogens is 3. The minimum absolute atomic E-state index is 0.165. The van der Waals surface area contributed by atoms with Gasteiger partial charge in [-0.3, -0.25) is 9.89 Å². The first-order chi connectivity index (χ1) is 12.8. The van der Waals surface area contributed by atoms with E-state index in [4.69, 9.17) is 4.42 Å². The fourth-order valence-corrected chi connectivity index (χ4v) is 4.50. The van der Waals surface area contributed by atoms with Crippen LogP contribution in [0, 0.1) is 5.92 Å². The summed E-state index contributed by atoms with van der Waals surface area (Å²) in [6, 6.07) is 9.67. The SMILES string of the molecule is O=C1CCCC2=Nc3[nH]ncc3C(c3ccc(Sc4ccccn4)o3)C12. The molecule has 0 saturated heterocycles. The topological polar surface area (TPSA) is 84.1 Å². The largest absolute Gasteiger partial charge is 0.454 e. The van der Waals surface area contributed by atoms with Gasteiger partial charge in [0.15, 0.2) is 10.9 Å². The van der Waals surface area contributed by atoms with Gasteiger partial charge in [0.25, 0.3) is 0 Å². The molecule has 0 radical (unpaired) electrons. The van der Waals surface area contributed by atoms with E-state index in [1.165, 1.54) is 11.8 Å². The number of carbonyl (C=O) groups excluding carboxylic acids is 1. The van der Waals surface area contributed by atoms with Crippen molar-refractivity contribution in [1.82, 2.24) is 15.2 Å². The number of ketones is 1. The third-order valence-electron chi connectivity index (χ3n) is 4.88.